The van der Waals surface area contributed by atoms with Crippen molar-refractivity contribution in [3.8, 4) is 0 Å². The van der Waals surface area contributed by atoms with E-state index in [0.717, 1.165) is 9.80 Å². The third-order valence-electron chi connectivity index (χ3n) is 6.14. The summed E-state index contributed by atoms with van der Waals surface area (Å²) in [6.45, 7) is 2.85. The van der Waals surface area contributed by atoms with E-state index >= 15 is 0 Å². The van der Waals surface area contributed by atoms with Crippen LogP contribution in [0, 0.1) is 0 Å². The molecule has 0 bridgehead atoms. The number of nitrogens with zero attached hydrogens (tertiary/aromatic N) is 2. The van der Waals surface area contributed by atoms with Crippen molar-refractivity contribution in [2.45, 2.75) is 51.0 Å². The van der Waals surface area contributed by atoms with Crippen molar-refractivity contribution in [2.24, 2.45) is 0 Å². The molecule has 0 spiro atoms. The van der Waals surface area contributed by atoms with Crippen molar-refractivity contribution in [1.29, 1.82) is 0 Å². The fourth-order valence-corrected chi connectivity index (χ4v) is 4.41. The fraction of sp³-hybridized carbons (Fsp3) is 0.320. The van der Waals surface area contributed by atoms with Crippen molar-refractivity contribution in [1.82, 2.24) is 9.80 Å². The predicted molar refractivity (Wildman–Crippen MR) is 117 cm³/mol. The topological polar surface area (TPSA) is 110 Å². The molecule has 176 valence electrons. The second kappa shape index (κ2) is 8.74. The summed E-state index contributed by atoms with van der Waals surface area (Å²) < 4.78 is 11.3. The van der Waals surface area contributed by atoms with Gasteiger partial charge in [-0.1, -0.05) is 60.7 Å². The molecular weight excluding hydrogens is 440 g/mol. The number of carbonyl (C=O) groups excluding carboxylic acids is 5. The first-order valence-corrected chi connectivity index (χ1v) is 10.9. The number of hydrogen-bond acceptors (Lipinski definition) is 7. The second-order valence-corrected chi connectivity index (χ2v) is 8.40. The van der Waals surface area contributed by atoms with Gasteiger partial charge in [0.25, 0.3) is 0 Å². The molecule has 2 heterocycles. The molecule has 0 unspecified atom stereocenters. The monoisotopic (exact) mass is 464 g/mol. The molecule has 0 saturated carbocycles. The maximum absolute atomic E-state index is 13.2. The highest BCUT2D eigenvalue weighted by Crippen LogP contribution is 2.38. The summed E-state index contributed by atoms with van der Waals surface area (Å²) in [7, 11) is 0. The molecule has 2 fully saturated rings. The molecule has 0 aromatic heterocycles. The molecule has 0 radical (unpaired) electrons. The number of rotatable bonds is 6. The van der Waals surface area contributed by atoms with Gasteiger partial charge in [-0.25, -0.2) is 14.6 Å². The third-order valence-corrected chi connectivity index (χ3v) is 6.14. The summed E-state index contributed by atoms with van der Waals surface area (Å²) in [5.74, 6) is -1.94. The van der Waals surface area contributed by atoms with Crippen LogP contribution < -0.4 is 0 Å². The van der Waals surface area contributed by atoms with E-state index in [1.165, 1.54) is 13.8 Å². The van der Waals surface area contributed by atoms with Gasteiger partial charge < -0.3 is 9.47 Å². The van der Waals surface area contributed by atoms with Crippen LogP contribution in [0.3, 0.4) is 0 Å². The Morgan fingerprint density at radius 1 is 0.618 bits per heavy atom. The van der Waals surface area contributed by atoms with Gasteiger partial charge in [0, 0.05) is 50.7 Å². The molecule has 2 atom stereocenters. The van der Waals surface area contributed by atoms with Crippen LogP contribution in [0.5, 0.6) is 0 Å². The molecule has 2 aromatic carbocycles. The van der Waals surface area contributed by atoms with E-state index in [1.807, 2.05) is 0 Å². The largest absolute Gasteiger partial charge is 0.513 e. The Morgan fingerprint density at radius 3 is 1.21 bits per heavy atom. The van der Waals surface area contributed by atoms with Gasteiger partial charge in [0.15, 0.2) is 0 Å². The van der Waals surface area contributed by atoms with Crippen LogP contribution in [0.4, 0.5) is 4.79 Å². The van der Waals surface area contributed by atoms with E-state index < -0.39 is 41.2 Å². The third kappa shape index (κ3) is 3.93. The average Bonchev–Trinajstić information content (AvgIpc) is 3.35. The Bertz CT molecular complexity index is 1030. The van der Waals surface area contributed by atoms with E-state index in [9.17, 15) is 24.0 Å². The number of ether oxygens (including phenoxy) is 2. The van der Waals surface area contributed by atoms with Gasteiger partial charge >= 0.3 is 6.16 Å². The van der Waals surface area contributed by atoms with Crippen molar-refractivity contribution in [2.75, 3.05) is 0 Å². The van der Waals surface area contributed by atoms with E-state index in [0.29, 0.717) is 11.1 Å². The zero-order chi connectivity index (χ0) is 24.5. The van der Waals surface area contributed by atoms with Crippen LogP contribution in [-0.4, -0.2) is 39.6 Å². The summed E-state index contributed by atoms with van der Waals surface area (Å²) in [5.41, 5.74) is -2.82. The van der Waals surface area contributed by atoms with E-state index in [-0.39, 0.29) is 25.7 Å². The molecular formula is C25H24N2O7. The fourth-order valence-electron chi connectivity index (χ4n) is 4.41. The summed E-state index contributed by atoms with van der Waals surface area (Å²) in [6.07, 6.45) is -1.26. The van der Waals surface area contributed by atoms with Gasteiger partial charge in [-0.3, -0.25) is 19.2 Å². The number of likely N-dealkylation sites (tertiary alicyclic amines) is 2. The highest BCUT2D eigenvalue weighted by Gasteiger charge is 2.51. The zero-order valence-corrected chi connectivity index (χ0v) is 18.9. The maximum Gasteiger partial charge on any atom is 0.513 e. The lowest BCUT2D eigenvalue weighted by Gasteiger charge is -2.40. The zero-order valence-electron chi connectivity index (χ0n) is 18.9. The Morgan fingerprint density at radius 2 is 0.912 bits per heavy atom. The predicted octanol–water partition coefficient (Wildman–Crippen LogP) is 3.18. The standard InChI is InChI=1S/C25H24N2O7/c1-24(17-9-5-3-6-10-17,26-19(28)13-14-20(26)29)33-23(32)34-25(2,18-11-7-4-8-12-18)27-21(30)15-16-22(27)31/h3-12H,13-16H2,1-2H3/t24-,25-/m1/s1. The van der Waals surface area contributed by atoms with Gasteiger partial charge in [0.05, 0.1) is 0 Å². The van der Waals surface area contributed by atoms with Gasteiger partial charge in [0.1, 0.15) is 0 Å². The first kappa shape index (κ1) is 23.2. The molecule has 0 aliphatic carbocycles. The van der Waals surface area contributed by atoms with Crippen molar-refractivity contribution < 1.29 is 33.4 Å². The number of hydrogen-bond donors (Lipinski definition) is 0. The van der Waals surface area contributed by atoms with Crippen molar-refractivity contribution >= 4 is 29.8 Å². The lowest BCUT2D eigenvalue weighted by Crippen LogP contribution is -2.53. The first-order chi connectivity index (χ1) is 16.2. The first-order valence-electron chi connectivity index (χ1n) is 10.9. The lowest BCUT2D eigenvalue weighted by molar-refractivity contribution is -0.186. The minimum absolute atomic E-state index is 0.00181. The Hall–Kier alpha value is -4.01. The number of carbonyl (C=O) groups is 5. The summed E-state index contributed by atoms with van der Waals surface area (Å²) in [6, 6.07) is 16.7. The normalized spacial score (nSPS) is 19.7. The molecule has 34 heavy (non-hydrogen) atoms. The van der Waals surface area contributed by atoms with Crippen LogP contribution >= 0.6 is 0 Å². The number of benzene rings is 2. The summed E-state index contributed by atoms with van der Waals surface area (Å²) in [4.78, 5) is 65.3. The maximum atomic E-state index is 13.2. The van der Waals surface area contributed by atoms with Gasteiger partial charge in [-0.2, -0.15) is 0 Å². The highest BCUT2D eigenvalue weighted by atomic mass is 16.8. The molecule has 2 aromatic rings. The van der Waals surface area contributed by atoms with Crippen LogP contribution in [-0.2, 0) is 40.1 Å². The molecule has 2 aliphatic rings. The second-order valence-electron chi connectivity index (χ2n) is 8.40. The quantitative estimate of drug-likeness (QED) is 0.477. The Kier molecular flexibility index (Phi) is 5.95. The summed E-state index contributed by atoms with van der Waals surface area (Å²) in [5, 5.41) is 0. The molecule has 2 aliphatic heterocycles. The molecule has 9 nitrogen and oxygen atoms in total. The number of amides is 4. The smallest absolute Gasteiger partial charge is 0.403 e. The van der Waals surface area contributed by atoms with E-state index in [1.54, 1.807) is 60.7 Å². The molecule has 4 rings (SSSR count). The minimum Gasteiger partial charge on any atom is -0.403 e. The minimum atomic E-state index is -1.79. The molecule has 9 heteroatoms. The average molecular weight is 464 g/mol. The van der Waals surface area contributed by atoms with Crippen molar-refractivity contribution in [3.05, 3.63) is 71.8 Å². The molecule has 0 N–H and O–H groups in total. The molecule has 2 saturated heterocycles. The summed E-state index contributed by atoms with van der Waals surface area (Å²) >= 11 is 0. The van der Waals surface area contributed by atoms with Crippen LogP contribution in [0.1, 0.15) is 50.7 Å². The Balaban J connectivity index is 1.71. The molecule has 4 amide bonds. The van der Waals surface area contributed by atoms with Gasteiger partial charge in [-0.15, -0.1) is 0 Å². The van der Waals surface area contributed by atoms with Crippen LogP contribution in [0.15, 0.2) is 60.7 Å². The SMILES string of the molecule is C[C@@](OC(=O)O[C@](C)(c1ccccc1)N1C(=O)CCC1=O)(c1ccccc1)N1C(=O)CCC1=O. The lowest BCUT2D eigenvalue weighted by atomic mass is 10.0. The number of imide groups is 2. The van der Waals surface area contributed by atoms with Gasteiger partial charge in [-0.05, 0) is 0 Å². The van der Waals surface area contributed by atoms with E-state index in [2.05, 4.69) is 0 Å². The van der Waals surface area contributed by atoms with Crippen LogP contribution in [0.25, 0.3) is 0 Å². The van der Waals surface area contributed by atoms with Crippen LogP contribution in [0.2, 0.25) is 0 Å². The van der Waals surface area contributed by atoms with Crippen molar-refractivity contribution in [3.63, 3.8) is 0 Å². The van der Waals surface area contributed by atoms with Gasteiger partial charge in [0.2, 0.25) is 35.1 Å². The Labute approximate surface area is 196 Å². The highest BCUT2D eigenvalue weighted by molar-refractivity contribution is 6.03. The van der Waals surface area contributed by atoms with E-state index in [4.69, 9.17) is 9.47 Å².